The maximum Gasteiger partial charge on any atom is -0.0148 e. The Hall–Kier alpha value is 0.430. The number of hydrogen-bond donors (Lipinski definition) is 0. The summed E-state index contributed by atoms with van der Waals surface area (Å²) in [5.74, 6) is 0.584. The van der Waals surface area contributed by atoms with Crippen LogP contribution in [0.1, 0.15) is 52.9 Å². The summed E-state index contributed by atoms with van der Waals surface area (Å²) in [6, 6.07) is 0. The predicted octanol–water partition coefficient (Wildman–Crippen LogP) is 4.06. The lowest BCUT2D eigenvalue weighted by atomic mass is 9.88. The van der Waals surface area contributed by atoms with Crippen molar-refractivity contribution in [3.63, 3.8) is 0 Å². The minimum absolute atomic E-state index is 0.477. The average molecular weight is 187 g/mol. The largest absolute Gasteiger partial charge is 0.131 e. The summed E-state index contributed by atoms with van der Waals surface area (Å²) < 4.78 is 0. The van der Waals surface area contributed by atoms with Crippen LogP contribution in [0.15, 0.2) is 0 Å². The Morgan fingerprint density at radius 1 is 1.25 bits per heavy atom. The van der Waals surface area contributed by atoms with Crippen molar-refractivity contribution in [1.82, 2.24) is 0 Å². The molecule has 0 saturated heterocycles. The van der Waals surface area contributed by atoms with Gasteiger partial charge in [-0.25, -0.2) is 0 Å². The summed E-state index contributed by atoms with van der Waals surface area (Å²) >= 11 is 0. The highest BCUT2D eigenvalue weighted by Gasteiger charge is 2.23. The van der Waals surface area contributed by atoms with Crippen LogP contribution in [0.25, 0.3) is 0 Å². The van der Waals surface area contributed by atoms with Crippen LogP contribution in [-0.2, 0) is 0 Å². The Bertz CT molecular complexity index is 102. The average Bonchev–Trinajstić information content (AvgIpc) is 1.85. The highest BCUT2D eigenvalue weighted by molar-refractivity contribution is 7.19. The Morgan fingerprint density at radius 2 is 1.67 bits per heavy atom. The van der Waals surface area contributed by atoms with E-state index in [-0.39, 0.29) is 0 Å². The molecule has 2 atom stereocenters. The van der Waals surface area contributed by atoms with E-state index in [0.717, 1.165) is 0 Å². The van der Waals surface area contributed by atoms with E-state index >= 15 is 0 Å². The molecule has 0 heterocycles. The molecule has 0 nitrogen and oxygen atoms in total. The van der Waals surface area contributed by atoms with Crippen molar-refractivity contribution >= 4 is 9.24 Å². The van der Waals surface area contributed by atoms with Crippen molar-refractivity contribution in [2.24, 2.45) is 5.92 Å². The SMILES string of the molecule is [CH2]C(C)CC(P)(CCC)CCC. The molecule has 0 aromatic heterocycles. The molecule has 0 aromatic rings. The maximum atomic E-state index is 4.07. The summed E-state index contributed by atoms with van der Waals surface area (Å²) in [6.07, 6.45) is 6.47. The van der Waals surface area contributed by atoms with E-state index in [1.165, 1.54) is 32.1 Å². The molecule has 2 unspecified atom stereocenters. The summed E-state index contributed by atoms with van der Waals surface area (Å²) in [6.45, 7) is 10.8. The van der Waals surface area contributed by atoms with Crippen molar-refractivity contribution in [3.8, 4) is 0 Å². The molecular formula is C11H24P. The number of rotatable bonds is 6. The lowest BCUT2D eigenvalue weighted by Gasteiger charge is -2.30. The molecule has 1 heteroatoms. The lowest BCUT2D eigenvalue weighted by Crippen LogP contribution is -2.22. The van der Waals surface area contributed by atoms with Gasteiger partial charge in [0.2, 0.25) is 0 Å². The highest BCUT2D eigenvalue weighted by atomic mass is 31.0. The van der Waals surface area contributed by atoms with Gasteiger partial charge in [-0.3, -0.25) is 0 Å². The van der Waals surface area contributed by atoms with E-state index in [1.807, 2.05) is 0 Å². The third-order valence-electron chi connectivity index (χ3n) is 2.25. The molecule has 0 spiro atoms. The van der Waals surface area contributed by atoms with Crippen LogP contribution in [0.4, 0.5) is 0 Å². The van der Waals surface area contributed by atoms with E-state index in [2.05, 4.69) is 36.9 Å². The molecule has 0 N–H and O–H groups in total. The second-order valence-electron chi connectivity index (χ2n) is 4.17. The van der Waals surface area contributed by atoms with Crippen LogP contribution >= 0.6 is 9.24 Å². The topological polar surface area (TPSA) is 0 Å². The second kappa shape index (κ2) is 5.97. The van der Waals surface area contributed by atoms with Gasteiger partial charge >= 0.3 is 0 Å². The summed E-state index contributed by atoms with van der Waals surface area (Å²) in [4.78, 5) is 0. The summed E-state index contributed by atoms with van der Waals surface area (Å²) in [5, 5.41) is 0.477. The Labute approximate surface area is 80.7 Å². The molecular weight excluding hydrogens is 163 g/mol. The van der Waals surface area contributed by atoms with Crippen LogP contribution in [0.5, 0.6) is 0 Å². The first-order chi connectivity index (χ1) is 5.54. The van der Waals surface area contributed by atoms with Crippen molar-refractivity contribution in [1.29, 1.82) is 0 Å². The van der Waals surface area contributed by atoms with Crippen LogP contribution in [0.2, 0.25) is 0 Å². The van der Waals surface area contributed by atoms with Gasteiger partial charge in [-0.15, -0.1) is 9.24 Å². The smallest absolute Gasteiger partial charge is 0.0148 e. The third-order valence-corrected chi connectivity index (χ3v) is 3.06. The van der Waals surface area contributed by atoms with Gasteiger partial charge in [0, 0.05) is 0 Å². The second-order valence-corrected chi connectivity index (χ2v) is 5.40. The fraction of sp³-hybridized carbons (Fsp3) is 0.909. The monoisotopic (exact) mass is 187 g/mol. The zero-order valence-electron chi connectivity index (χ0n) is 8.90. The molecule has 0 rings (SSSR count). The van der Waals surface area contributed by atoms with Gasteiger partial charge < -0.3 is 0 Å². The van der Waals surface area contributed by atoms with Crippen LogP contribution in [0, 0.1) is 12.8 Å². The molecule has 0 amide bonds. The van der Waals surface area contributed by atoms with Crippen LogP contribution < -0.4 is 0 Å². The molecule has 0 aliphatic rings. The molecule has 0 aliphatic heterocycles. The standard InChI is InChI=1S/C11H24P/c1-5-7-11(12,8-6-2)9-10(3)4/h10H,3,5-9,12H2,1-2,4H3. The van der Waals surface area contributed by atoms with E-state index in [4.69, 9.17) is 0 Å². The number of hydrogen-bond acceptors (Lipinski definition) is 0. The summed E-state index contributed by atoms with van der Waals surface area (Å²) in [7, 11) is 3.06. The lowest BCUT2D eigenvalue weighted by molar-refractivity contribution is 0.415. The van der Waals surface area contributed by atoms with E-state index in [0.29, 0.717) is 11.1 Å². The molecule has 73 valence electrons. The zero-order valence-corrected chi connectivity index (χ0v) is 10.1. The van der Waals surface area contributed by atoms with Gasteiger partial charge in [-0.05, 0) is 30.3 Å². The van der Waals surface area contributed by atoms with Gasteiger partial charge in [0.1, 0.15) is 0 Å². The maximum absolute atomic E-state index is 4.07. The van der Waals surface area contributed by atoms with Crippen molar-refractivity contribution in [2.45, 2.75) is 58.0 Å². The van der Waals surface area contributed by atoms with E-state index < -0.39 is 0 Å². The van der Waals surface area contributed by atoms with Gasteiger partial charge in [0.25, 0.3) is 0 Å². The van der Waals surface area contributed by atoms with Gasteiger partial charge in [0.05, 0.1) is 0 Å². The van der Waals surface area contributed by atoms with Crippen LogP contribution in [-0.4, -0.2) is 5.16 Å². The first-order valence-electron chi connectivity index (χ1n) is 5.16. The van der Waals surface area contributed by atoms with Gasteiger partial charge in [-0.2, -0.15) is 0 Å². The third kappa shape index (κ3) is 5.14. The molecule has 0 saturated carbocycles. The Balaban J connectivity index is 3.98. The molecule has 0 bridgehead atoms. The fourth-order valence-corrected chi connectivity index (χ4v) is 3.00. The quantitative estimate of drug-likeness (QED) is 0.550. The van der Waals surface area contributed by atoms with Crippen molar-refractivity contribution < 1.29 is 0 Å². The minimum Gasteiger partial charge on any atom is -0.131 e. The van der Waals surface area contributed by atoms with Crippen molar-refractivity contribution in [3.05, 3.63) is 6.92 Å². The fourth-order valence-electron chi connectivity index (χ4n) is 2.02. The Kier molecular flexibility index (Phi) is 6.19. The van der Waals surface area contributed by atoms with E-state index in [9.17, 15) is 0 Å². The first kappa shape index (κ1) is 12.4. The van der Waals surface area contributed by atoms with Crippen LogP contribution in [0.3, 0.4) is 0 Å². The molecule has 12 heavy (non-hydrogen) atoms. The predicted molar refractivity (Wildman–Crippen MR) is 61.4 cm³/mol. The zero-order chi connectivity index (χ0) is 9.61. The first-order valence-corrected chi connectivity index (χ1v) is 5.73. The normalized spacial score (nSPS) is 12.5. The molecule has 0 fully saturated rings. The summed E-state index contributed by atoms with van der Waals surface area (Å²) in [5.41, 5.74) is 0. The molecule has 0 aliphatic carbocycles. The minimum atomic E-state index is 0.477. The molecule has 0 aromatic carbocycles. The van der Waals surface area contributed by atoms with Gasteiger partial charge in [0.15, 0.2) is 0 Å². The van der Waals surface area contributed by atoms with E-state index in [1.54, 1.807) is 0 Å². The molecule has 1 radical (unpaired) electrons. The van der Waals surface area contributed by atoms with Gasteiger partial charge in [-0.1, -0.05) is 40.5 Å². The van der Waals surface area contributed by atoms with Crippen molar-refractivity contribution in [2.75, 3.05) is 0 Å². The highest BCUT2D eigenvalue weighted by Crippen LogP contribution is 2.36. The Morgan fingerprint density at radius 3 is 1.92 bits per heavy atom.